The van der Waals surface area contributed by atoms with Crippen LogP contribution in [0.5, 0.6) is 5.75 Å². The number of nitrogens with two attached hydrogens (primary N) is 1. The fourth-order valence-corrected chi connectivity index (χ4v) is 1.69. The van der Waals surface area contributed by atoms with E-state index in [-0.39, 0.29) is 11.9 Å². The van der Waals surface area contributed by atoms with Gasteiger partial charge in [-0.25, -0.2) is 5.84 Å². The van der Waals surface area contributed by atoms with Crippen LogP contribution in [-0.2, 0) is 4.79 Å². The average Bonchev–Trinajstić information content (AvgIpc) is 2.43. The molecule has 5 N–H and O–H groups in total. The van der Waals surface area contributed by atoms with Crippen molar-refractivity contribution >= 4 is 21.8 Å². The molecule has 7 heteroatoms. The molecule has 0 aliphatic heterocycles. The van der Waals surface area contributed by atoms with Crippen molar-refractivity contribution in [2.45, 2.75) is 12.2 Å². The molecule has 1 rings (SSSR count). The van der Waals surface area contributed by atoms with Crippen LogP contribution in [0, 0.1) is 0 Å². The van der Waals surface area contributed by atoms with Crippen molar-refractivity contribution in [3.63, 3.8) is 0 Å². The first-order chi connectivity index (χ1) is 8.60. The maximum Gasteiger partial charge on any atom is 0.271 e. The van der Waals surface area contributed by atoms with Gasteiger partial charge in [-0.3, -0.25) is 10.2 Å². The maximum absolute atomic E-state index is 11.0. The number of carbonyl (C=O) groups is 1. The predicted molar refractivity (Wildman–Crippen MR) is 69.0 cm³/mol. The normalized spacial score (nSPS) is 13.8. The van der Waals surface area contributed by atoms with E-state index in [0.29, 0.717) is 11.3 Å². The van der Waals surface area contributed by atoms with E-state index in [1.54, 1.807) is 24.3 Å². The molecule has 0 radical (unpaired) electrons. The van der Waals surface area contributed by atoms with Crippen molar-refractivity contribution in [2.75, 3.05) is 11.9 Å². The summed E-state index contributed by atoms with van der Waals surface area (Å²) in [6, 6.07) is 6.62. The number of alkyl halides is 1. The second kappa shape index (κ2) is 7.32. The van der Waals surface area contributed by atoms with Crippen molar-refractivity contribution in [1.82, 2.24) is 5.43 Å². The van der Waals surface area contributed by atoms with Crippen LogP contribution in [0.4, 0.5) is 0 Å². The van der Waals surface area contributed by atoms with E-state index in [1.165, 1.54) is 0 Å². The number of hydrazine groups is 1. The Morgan fingerprint density at radius 3 is 2.72 bits per heavy atom. The highest BCUT2D eigenvalue weighted by molar-refractivity contribution is 9.09. The average molecular weight is 319 g/mol. The van der Waals surface area contributed by atoms with Crippen LogP contribution in [0.2, 0.25) is 0 Å². The minimum Gasteiger partial charge on any atom is -0.483 e. The van der Waals surface area contributed by atoms with E-state index in [2.05, 4.69) is 15.9 Å². The third kappa shape index (κ3) is 3.95. The Morgan fingerprint density at radius 2 is 2.11 bits per heavy atom. The summed E-state index contributed by atoms with van der Waals surface area (Å²) in [5, 5.41) is 19.7. The van der Waals surface area contributed by atoms with Crippen LogP contribution < -0.4 is 16.0 Å². The fraction of sp³-hybridized carbons (Fsp3) is 0.364. The van der Waals surface area contributed by atoms with E-state index in [0.717, 1.165) is 0 Å². The fourth-order valence-electron chi connectivity index (χ4n) is 1.33. The molecule has 1 amide bonds. The Bertz CT molecular complexity index is 402. The minimum absolute atomic E-state index is 0.228. The lowest BCUT2D eigenvalue weighted by Crippen LogP contribution is -2.34. The Hall–Kier alpha value is -1.15. The standard InChI is InChI=1S/C11H15BrN2O4/c12-5-8(15)11(17)7-3-1-2-4-9(7)18-6-10(16)14-13/h1-4,8,11,15,17H,5-6,13H2,(H,14,16). The smallest absolute Gasteiger partial charge is 0.271 e. The van der Waals surface area contributed by atoms with Gasteiger partial charge >= 0.3 is 0 Å². The largest absolute Gasteiger partial charge is 0.483 e. The zero-order valence-electron chi connectivity index (χ0n) is 9.54. The third-order valence-corrected chi connectivity index (χ3v) is 2.94. The summed E-state index contributed by atoms with van der Waals surface area (Å²) in [7, 11) is 0. The summed E-state index contributed by atoms with van der Waals surface area (Å²) in [6.45, 7) is -0.259. The summed E-state index contributed by atoms with van der Waals surface area (Å²) in [6.07, 6.45) is -2.06. The molecule has 0 saturated heterocycles. The number of rotatable bonds is 6. The van der Waals surface area contributed by atoms with Gasteiger partial charge in [-0.05, 0) is 6.07 Å². The highest BCUT2D eigenvalue weighted by Gasteiger charge is 2.20. The molecule has 2 unspecified atom stereocenters. The lowest BCUT2D eigenvalue weighted by Gasteiger charge is -2.19. The van der Waals surface area contributed by atoms with Gasteiger partial charge in [0.05, 0.1) is 6.10 Å². The Labute approximate surface area is 113 Å². The second-order valence-electron chi connectivity index (χ2n) is 3.56. The number of para-hydroxylation sites is 1. The van der Waals surface area contributed by atoms with Gasteiger partial charge in [0, 0.05) is 10.9 Å². The van der Waals surface area contributed by atoms with Crippen molar-refractivity contribution < 1.29 is 19.7 Å². The number of amides is 1. The molecule has 0 spiro atoms. The van der Waals surface area contributed by atoms with Gasteiger partial charge in [-0.1, -0.05) is 34.1 Å². The minimum atomic E-state index is -1.10. The van der Waals surface area contributed by atoms with Crippen molar-refractivity contribution in [3.8, 4) is 5.75 Å². The van der Waals surface area contributed by atoms with Crippen LogP contribution in [0.25, 0.3) is 0 Å². The summed E-state index contributed by atoms with van der Waals surface area (Å²) in [4.78, 5) is 11.0. The van der Waals surface area contributed by atoms with Crippen molar-refractivity contribution in [3.05, 3.63) is 29.8 Å². The molecule has 18 heavy (non-hydrogen) atoms. The van der Waals surface area contributed by atoms with Gasteiger partial charge in [0.15, 0.2) is 6.61 Å². The number of ether oxygens (including phenoxy) is 1. The Kier molecular flexibility index (Phi) is 6.06. The van der Waals surface area contributed by atoms with Gasteiger partial charge < -0.3 is 14.9 Å². The highest BCUT2D eigenvalue weighted by atomic mass is 79.9. The molecule has 1 aromatic carbocycles. The molecular formula is C11H15BrN2O4. The van der Waals surface area contributed by atoms with Gasteiger partial charge in [0.25, 0.3) is 5.91 Å². The molecule has 1 aromatic rings. The lowest BCUT2D eigenvalue weighted by atomic mass is 10.0. The topological polar surface area (TPSA) is 105 Å². The molecule has 0 fully saturated rings. The number of halogens is 1. The number of nitrogens with one attached hydrogen (secondary N) is 1. The maximum atomic E-state index is 11.0. The first-order valence-electron chi connectivity index (χ1n) is 5.23. The molecule has 100 valence electrons. The van der Waals surface area contributed by atoms with Gasteiger partial charge in [-0.15, -0.1) is 0 Å². The molecule has 6 nitrogen and oxygen atoms in total. The third-order valence-electron chi connectivity index (χ3n) is 2.28. The van der Waals surface area contributed by atoms with Crippen LogP contribution >= 0.6 is 15.9 Å². The number of hydrogen-bond donors (Lipinski definition) is 4. The zero-order chi connectivity index (χ0) is 13.5. The van der Waals surface area contributed by atoms with E-state index >= 15 is 0 Å². The number of aliphatic hydroxyl groups excluding tert-OH is 2. The van der Waals surface area contributed by atoms with Crippen LogP contribution in [0.15, 0.2) is 24.3 Å². The highest BCUT2D eigenvalue weighted by Crippen LogP contribution is 2.27. The molecule has 0 saturated carbocycles. The van der Waals surface area contributed by atoms with Crippen LogP contribution in [0.1, 0.15) is 11.7 Å². The molecule has 2 atom stereocenters. The first-order valence-corrected chi connectivity index (χ1v) is 6.35. The van der Waals surface area contributed by atoms with E-state index in [9.17, 15) is 15.0 Å². The van der Waals surface area contributed by atoms with E-state index in [4.69, 9.17) is 10.6 Å². The van der Waals surface area contributed by atoms with Crippen LogP contribution in [0.3, 0.4) is 0 Å². The summed E-state index contributed by atoms with van der Waals surface area (Å²) in [5.41, 5.74) is 2.35. The molecule has 0 aliphatic rings. The number of carbonyl (C=O) groups excluding carboxylic acids is 1. The van der Waals surface area contributed by atoms with Crippen LogP contribution in [-0.4, -0.2) is 34.2 Å². The first kappa shape index (κ1) is 14.9. The van der Waals surface area contributed by atoms with Gasteiger partial charge in [0.2, 0.25) is 0 Å². The number of aliphatic hydroxyl groups is 2. The predicted octanol–water partition coefficient (Wildman–Crippen LogP) is -0.156. The second-order valence-corrected chi connectivity index (χ2v) is 4.21. The lowest BCUT2D eigenvalue weighted by molar-refractivity contribution is -0.123. The number of benzene rings is 1. The van der Waals surface area contributed by atoms with Crippen molar-refractivity contribution in [1.29, 1.82) is 0 Å². The van der Waals surface area contributed by atoms with E-state index in [1.807, 2.05) is 5.43 Å². The number of hydrogen-bond acceptors (Lipinski definition) is 5. The molecule has 0 aliphatic carbocycles. The summed E-state index contributed by atoms with van der Waals surface area (Å²) in [5.74, 6) is 4.77. The Morgan fingerprint density at radius 1 is 1.44 bits per heavy atom. The summed E-state index contributed by atoms with van der Waals surface area (Å²) >= 11 is 3.08. The molecular weight excluding hydrogens is 304 g/mol. The van der Waals surface area contributed by atoms with E-state index < -0.39 is 18.1 Å². The molecule has 0 aromatic heterocycles. The van der Waals surface area contributed by atoms with Gasteiger partial charge in [-0.2, -0.15) is 0 Å². The quantitative estimate of drug-likeness (QED) is 0.252. The van der Waals surface area contributed by atoms with Crippen molar-refractivity contribution in [2.24, 2.45) is 5.84 Å². The Balaban J connectivity index is 2.82. The molecule has 0 heterocycles. The SMILES string of the molecule is NNC(=O)COc1ccccc1C(O)C(O)CBr. The van der Waals surface area contributed by atoms with Gasteiger partial charge in [0.1, 0.15) is 11.9 Å². The zero-order valence-corrected chi connectivity index (χ0v) is 11.1. The molecule has 0 bridgehead atoms. The monoisotopic (exact) mass is 318 g/mol. The summed E-state index contributed by atoms with van der Waals surface area (Å²) < 4.78 is 5.23.